The maximum atomic E-state index is 13.2. The zero-order valence-electron chi connectivity index (χ0n) is 18.5. The third kappa shape index (κ3) is 6.03. The molecule has 0 bridgehead atoms. The van der Waals surface area contributed by atoms with E-state index in [0.717, 1.165) is 22.7 Å². The number of H-pyrrole nitrogens is 1. The highest BCUT2D eigenvalue weighted by Gasteiger charge is 2.30. The Morgan fingerprint density at radius 1 is 1.06 bits per heavy atom. The lowest BCUT2D eigenvalue weighted by molar-refractivity contribution is 0.181. The maximum absolute atomic E-state index is 13.2. The number of aromatic amines is 1. The standard InChI is InChI=1S/C22H26N4O3S2.2ClH/c1-3-18-14-19(16(2)24-22(18)27)20-4-5-21(30-20)31(28,29)26-12-10-25(11-13-26)15-17-6-8-23-9-7-17;;/h4-9,14H,3,10-13,15H2,1-2H3,(H,24,27);2*1H. The van der Waals surface area contributed by atoms with E-state index in [1.165, 1.54) is 16.9 Å². The van der Waals surface area contributed by atoms with E-state index in [-0.39, 0.29) is 30.4 Å². The molecule has 33 heavy (non-hydrogen) atoms. The molecule has 0 saturated carbocycles. The normalized spacial score (nSPS) is 15.0. The summed E-state index contributed by atoms with van der Waals surface area (Å²) in [6, 6.07) is 9.35. The van der Waals surface area contributed by atoms with E-state index in [1.54, 1.807) is 22.8 Å². The Kier molecular flexibility index (Phi) is 9.66. The number of hydrogen-bond acceptors (Lipinski definition) is 6. The first-order valence-corrected chi connectivity index (χ1v) is 12.6. The molecule has 11 heteroatoms. The van der Waals surface area contributed by atoms with Crippen LogP contribution in [0.1, 0.15) is 23.7 Å². The number of rotatable bonds is 6. The van der Waals surface area contributed by atoms with Gasteiger partial charge in [-0.2, -0.15) is 4.31 Å². The van der Waals surface area contributed by atoms with E-state index in [4.69, 9.17) is 0 Å². The number of sulfonamides is 1. The summed E-state index contributed by atoms with van der Waals surface area (Å²) in [4.78, 5) is 22.0. The molecule has 0 aromatic carbocycles. The van der Waals surface area contributed by atoms with Gasteiger partial charge >= 0.3 is 0 Å². The summed E-state index contributed by atoms with van der Waals surface area (Å²) in [5.74, 6) is 0. The molecule has 1 fully saturated rings. The summed E-state index contributed by atoms with van der Waals surface area (Å²) in [7, 11) is -3.54. The van der Waals surface area contributed by atoms with E-state index in [0.29, 0.717) is 42.4 Å². The van der Waals surface area contributed by atoms with Gasteiger partial charge in [0.2, 0.25) is 0 Å². The minimum absolute atomic E-state index is 0. The Morgan fingerprint density at radius 2 is 1.73 bits per heavy atom. The van der Waals surface area contributed by atoms with Gasteiger partial charge in [-0.15, -0.1) is 36.2 Å². The second kappa shape index (κ2) is 11.6. The molecule has 0 radical (unpaired) electrons. The fourth-order valence-electron chi connectivity index (χ4n) is 3.79. The summed E-state index contributed by atoms with van der Waals surface area (Å²) in [5.41, 5.74) is 3.42. The molecule has 7 nitrogen and oxygen atoms in total. The fourth-order valence-corrected chi connectivity index (χ4v) is 6.75. The van der Waals surface area contributed by atoms with Gasteiger partial charge < -0.3 is 4.98 Å². The van der Waals surface area contributed by atoms with Gasteiger partial charge in [0.25, 0.3) is 15.6 Å². The van der Waals surface area contributed by atoms with E-state index >= 15 is 0 Å². The molecular formula is C22H28Cl2N4O3S2. The van der Waals surface area contributed by atoms with Gasteiger partial charge in [0, 0.05) is 66.8 Å². The quantitative estimate of drug-likeness (QED) is 0.524. The summed E-state index contributed by atoms with van der Waals surface area (Å²) in [6.45, 7) is 6.90. The Labute approximate surface area is 210 Å². The minimum atomic E-state index is -3.54. The number of hydrogen-bond donors (Lipinski definition) is 1. The topological polar surface area (TPSA) is 86.4 Å². The largest absolute Gasteiger partial charge is 0.326 e. The summed E-state index contributed by atoms with van der Waals surface area (Å²) >= 11 is 1.26. The molecule has 1 aliphatic heterocycles. The number of piperazine rings is 1. The molecule has 0 atom stereocenters. The average Bonchev–Trinajstić information content (AvgIpc) is 3.26. The zero-order valence-corrected chi connectivity index (χ0v) is 21.7. The van der Waals surface area contributed by atoms with Crippen molar-refractivity contribution < 1.29 is 8.42 Å². The molecule has 4 rings (SSSR count). The van der Waals surface area contributed by atoms with Crippen LogP contribution in [0.15, 0.2) is 51.7 Å². The molecular weight excluding hydrogens is 503 g/mol. The summed E-state index contributed by atoms with van der Waals surface area (Å²) in [6.07, 6.45) is 4.18. The molecule has 3 aromatic rings. The van der Waals surface area contributed by atoms with Crippen LogP contribution in [0.2, 0.25) is 0 Å². The van der Waals surface area contributed by atoms with Gasteiger partial charge in [-0.1, -0.05) is 6.92 Å². The lowest BCUT2D eigenvalue weighted by Crippen LogP contribution is -2.48. The van der Waals surface area contributed by atoms with Crippen molar-refractivity contribution in [2.75, 3.05) is 26.2 Å². The smallest absolute Gasteiger partial charge is 0.252 e. The first-order valence-electron chi connectivity index (χ1n) is 10.3. The van der Waals surface area contributed by atoms with E-state index in [1.807, 2.05) is 38.1 Å². The number of pyridine rings is 2. The molecule has 0 amide bonds. The van der Waals surface area contributed by atoms with Gasteiger partial charge in [0.05, 0.1) is 0 Å². The van der Waals surface area contributed by atoms with E-state index in [9.17, 15) is 13.2 Å². The number of thiophene rings is 1. The highest BCUT2D eigenvalue weighted by molar-refractivity contribution is 7.91. The Bertz CT molecular complexity index is 1220. The monoisotopic (exact) mass is 530 g/mol. The van der Waals surface area contributed by atoms with Gasteiger partial charge in [0.15, 0.2) is 0 Å². The van der Waals surface area contributed by atoms with Crippen molar-refractivity contribution in [1.29, 1.82) is 0 Å². The molecule has 0 aliphatic carbocycles. The molecule has 180 valence electrons. The van der Waals surface area contributed by atoms with E-state index < -0.39 is 10.0 Å². The molecule has 3 aromatic heterocycles. The predicted octanol–water partition coefficient (Wildman–Crippen LogP) is 3.72. The maximum Gasteiger partial charge on any atom is 0.252 e. The Balaban J connectivity index is 0.00000193. The lowest BCUT2D eigenvalue weighted by Gasteiger charge is -2.33. The molecule has 4 heterocycles. The fraction of sp³-hybridized carbons (Fsp3) is 0.364. The van der Waals surface area contributed by atoms with Crippen molar-refractivity contribution in [3.05, 3.63) is 69.9 Å². The number of nitrogens with one attached hydrogen (secondary N) is 1. The Hall–Kier alpha value is -1.75. The van der Waals surface area contributed by atoms with Crippen LogP contribution in [0.3, 0.4) is 0 Å². The predicted molar refractivity (Wildman–Crippen MR) is 137 cm³/mol. The molecule has 1 N–H and O–H groups in total. The highest BCUT2D eigenvalue weighted by Crippen LogP contribution is 2.34. The third-order valence-corrected chi connectivity index (χ3v) is 9.11. The first kappa shape index (κ1) is 27.5. The number of aryl methyl sites for hydroxylation is 2. The first-order chi connectivity index (χ1) is 14.9. The van der Waals surface area contributed by atoms with Crippen molar-refractivity contribution in [3.8, 4) is 10.4 Å². The number of halogens is 2. The van der Waals surface area contributed by atoms with Gasteiger partial charge in [0.1, 0.15) is 4.21 Å². The molecule has 1 saturated heterocycles. The highest BCUT2D eigenvalue weighted by atomic mass is 35.5. The van der Waals surface area contributed by atoms with Crippen LogP contribution in [-0.4, -0.2) is 53.8 Å². The van der Waals surface area contributed by atoms with Crippen molar-refractivity contribution in [1.82, 2.24) is 19.2 Å². The number of nitrogens with zero attached hydrogens (tertiary/aromatic N) is 3. The van der Waals surface area contributed by atoms with Crippen molar-refractivity contribution in [2.24, 2.45) is 0 Å². The third-order valence-electron chi connectivity index (χ3n) is 5.62. The van der Waals surface area contributed by atoms with Crippen LogP contribution in [0.25, 0.3) is 10.4 Å². The van der Waals surface area contributed by atoms with Crippen molar-refractivity contribution in [2.45, 2.75) is 31.0 Å². The van der Waals surface area contributed by atoms with Crippen molar-refractivity contribution >= 4 is 46.2 Å². The van der Waals surface area contributed by atoms with Crippen LogP contribution >= 0.6 is 36.2 Å². The number of aromatic nitrogens is 2. The summed E-state index contributed by atoms with van der Waals surface area (Å²) < 4.78 is 28.3. The van der Waals surface area contributed by atoms with Crippen molar-refractivity contribution in [3.63, 3.8) is 0 Å². The molecule has 0 unspecified atom stereocenters. The van der Waals surface area contributed by atoms with E-state index in [2.05, 4.69) is 14.9 Å². The van der Waals surface area contributed by atoms with Gasteiger partial charge in [-0.05, 0) is 49.2 Å². The summed E-state index contributed by atoms with van der Waals surface area (Å²) in [5, 5.41) is 0. The van der Waals surface area contributed by atoms with Crippen LogP contribution in [0, 0.1) is 6.92 Å². The van der Waals surface area contributed by atoms with Crippen LogP contribution < -0.4 is 5.56 Å². The van der Waals surface area contributed by atoms with Gasteiger partial charge in [-0.25, -0.2) is 8.42 Å². The van der Waals surface area contributed by atoms with Crippen LogP contribution in [0.4, 0.5) is 0 Å². The zero-order chi connectivity index (χ0) is 22.0. The van der Waals surface area contributed by atoms with Crippen LogP contribution in [-0.2, 0) is 23.0 Å². The van der Waals surface area contributed by atoms with Crippen LogP contribution in [0.5, 0.6) is 0 Å². The minimum Gasteiger partial charge on any atom is -0.326 e. The molecule has 1 aliphatic rings. The van der Waals surface area contributed by atoms with Gasteiger partial charge in [-0.3, -0.25) is 14.7 Å². The SMILES string of the molecule is CCc1cc(-c2ccc(S(=O)(=O)N3CCN(Cc4ccncc4)CC3)s2)c(C)[nH]c1=O.Cl.Cl. The Morgan fingerprint density at radius 3 is 2.36 bits per heavy atom. The molecule has 0 spiro atoms. The average molecular weight is 532 g/mol. The second-order valence-corrected chi connectivity index (χ2v) is 10.9. The second-order valence-electron chi connectivity index (χ2n) is 7.67. The lowest BCUT2D eigenvalue weighted by atomic mass is 10.1.